The highest BCUT2D eigenvalue weighted by Crippen LogP contribution is 2.23. The minimum Gasteiger partial charge on any atom is -0.487 e. The lowest BCUT2D eigenvalue weighted by Gasteiger charge is -2.21. The first-order chi connectivity index (χ1) is 5.63. The minimum absolute atomic E-state index is 0.347. The quantitative estimate of drug-likeness (QED) is 0.601. The Hall–Kier alpha value is -1.25. The van der Waals surface area contributed by atoms with Gasteiger partial charge in [-0.2, -0.15) is 0 Å². The molecule has 1 rings (SSSR count). The van der Waals surface area contributed by atoms with Crippen LogP contribution < -0.4 is 0 Å². The molecule has 0 N–H and O–H groups in total. The van der Waals surface area contributed by atoms with Crippen LogP contribution in [-0.2, 0) is 9.47 Å². The van der Waals surface area contributed by atoms with Crippen molar-refractivity contribution in [3.8, 4) is 0 Å². The SMILES string of the molecule is C=C(F)/C(C)=C1/OCCOC1=C. The fraction of sp³-hybridized carbons (Fsp3) is 0.333. The number of halogens is 1. The summed E-state index contributed by atoms with van der Waals surface area (Å²) in [6, 6.07) is 0. The van der Waals surface area contributed by atoms with Gasteiger partial charge in [-0.3, -0.25) is 0 Å². The van der Waals surface area contributed by atoms with Gasteiger partial charge in [-0.05, 0) is 6.92 Å². The summed E-state index contributed by atoms with van der Waals surface area (Å²) < 4.78 is 22.9. The average molecular weight is 170 g/mol. The lowest BCUT2D eigenvalue weighted by molar-refractivity contribution is 0.0586. The van der Waals surface area contributed by atoms with E-state index >= 15 is 0 Å². The number of hydrogen-bond donors (Lipinski definition) is 0. The van der Waals surface area contributed by atoms with Crippen molar-refractivity contribution in [1.82, 2.24) is 0 Å². The van der Waals surface area contributed by atoms with Crippen LogP contribution in [0.3, 0.4) is 0 Å². The van der Waals surface area contributed by atoms with Crippen LogP contribution in [0.25, 0.3) is 0 Å². The van der Waals surface area contributed by atoms with Crippen molar-refractivity contribution < 1.29 is 13.9 Å². The highest BCUT2D eigenvalue weighted by molar-refractivity contribution is 5.33. The summed E-state index contributed by atoms with van der Waals surface area (Å²) in [6.45, 7) is 9.23. The van der Waals surface area contributed by atoms with E-state index < -0.39 is 5.83 Å². The van der Waals surface area contributed by atoms with E-state index in [2.05, 4.69) is 13.2 Å². The molecule has 3 heteroatoms. The molecule has 1 heterocycles. The van der Waals surface area contributed by atoms with Gasteiger partial charge < -0.3 is 9.47 Å². The number of allylic oxidation sites excluding steroid dienone is 2. The predicted octanol–water partition coefficient (Wildman–Crippen LogP) is 2.30. The summed E-state index contributed by atoms with van der Waals surface area (Å²) in [4.78, 5) is 0. The largest absolute Gasteiger partial charge is 0.487 e. The van der Waals surface area contributed by atoms with Gasteiger partial charge in [0.15, 0.2) is 11.5 Å². The number of ether oxygens (including phenoxy) is 2. The van der Waals surface area contributed by atoms with E-state index in [9.17, 15) is 4.39 Å². The van der Waals surface area contributed by atoms with E-state index in [0.29, 0.717) is 30.3 Å². The van der Waals surface area contributed by atoms with E-state index in [1.807, 2.05) is 0 Å². The van der Waals surface area contributed by atoms with E-state index in [1.54, 1.807) is 6.92 Å². The van der Waals surface area contributed by atoms with Crippen molar-refractivity contribution >= 4 is 0 Å². The molecule has 2 nitrogen and oxygen atoms in total. The Labute approximate surface area is 71.0 Å². The first kappa shape index (κ1) is 8.84. The molecule has 0 spiro atoms. The van der Waals surface area contributed by atoms with Gasteiger partial charge in [0, 0.05) is 5.57 Å². The van der Waals surface area contributed by atoms with E-state index in [4.69, 9.17) is 9.47 Å². The summed E-state index contributed by atoms with van der Waals surface area (Å²) in [5, 5.41) is 0. The second kappa shape index (κ2) is 3.43. The zero-order valence-corrected chi connectivity index (χ0v) is 7.02. The molecule has 0 radical (unpaired) electrons. The summed E-state index contributed by atoms with van der Waals surface area (Å²) in [6.07, 6.45) is 0. The van der Waals surface area contributed by atoms with Crippen molar-refractivity contribution in [2.45, 2.75) is 6.92 Å². The smallest absolute Gasteiger partial charge is 0.166 e. The highest BCUT2D eigenvalue weighted by atomic mass is 19.1. The van der Waals surface area contributed by atoms with Crippen molar-refractivity contribution in [1.29, 1.82) is 0 Å². The van der Waals surface area contributed by atoms with Crippen LogP contribution in [0.5, 0.6) is 0 Å². The highest BCUT2D eigenvalue weighted by Gasteiger charge is 2.16. The third kappa shape index (κ3) is 1.67. The van der Waals surface area contributed by atoms with E-state index in [-0.39, 0.29) is 0 Å². The zero-order chi connectivity index (χ0) is 9.14. The zero-order valence-electron chi connectivity index (χ0n) is 7.02. The monoisotopic (exact) mass is 170 g/mol. The molecule has 66 valence electrons. The van der Waals surface area contributed by atoms with Crippen molar-refractivity contribution in [3.05, 3.63) is 36.1 Å². The Balaban J connectivity index is 2.90. The molecule has 1 aliphatic heterocycles. The summed E-state index contributed by atoms with van der Waals surface area (Å²) >= 11 is 0. The van der Waals surface area contributed by atoms with Gasteiger partial charge in [-0.15, -0.1) is 0 Å². The molecule has 0 aromatic rings. The van der Waals surface area contributed by atoms with Crippen LogP contribution in [0.15, 0.2) is 36.1 Å². The average Bonchev–Trinajstić information content (AvgIpc) is 2.04. The third-order valence-electron chi connectivity index (χ3n) is 1.61. The van der Waals surface area contributed by atoms with Crippen LogP contribution in [0.2, 0.25) is 0 Å². The van der Waals surface area contributed by atoms with Gasteiger partial charge in [0.1, 0.15) is 19.0 Å². The minimum atomic E-state index is -0.517. The van der Waals surface area contributed by atoms with Crippen LogP contribution in [0.4, 0.5) is 4.39 Å². The molecule has 1 fully saturated rings. The van der Waals surface area contributed by atoms with Gasteiger partial charge in [-0.1, -0.05) is 13.2 Å². The maximum atomic E-state index is 12.6. The fourth-order valence-corrected chi connectivity index (χ4v) is 0.895. The maximum Gasteiger partial charge on any atom is 0.166 e. The molecular weight excluding hydrogens is 159 g/mol. The lowest BCUT2D eigenvalue weighted by atomic mass is 10.2. The first-order valence-electron chi connectivity index (χ1n) is 3.63. The molecule has 12 heavy (non-hydrogen) atoms. The molecule has 0 aromatic carbocycles. The van der Waals surface area contributed by atoms with E-state index in [0.717, 1.165) is 0 Å². The molecule has 1 aliphatic rings. The predicted molar refractivity (Wildman–Crippen MR) is 44.0 cm³/mol. The molecule has 0 atom stereocenters. The number of rotatable bonds is 1. The fourth-order valence-electron chi connectivity index (χ4n) is 0.895. The van der Waals surface area contributed by atoms with Gasteiger partial charge in [0.2, 0.25) is 0 Å². The molecule has 0 aromatic heterocycles. The van der Waals surface area contributed by atoms with Crippen molar-refractivity contribution in [2.24, 2.45) is 0 Å². The number of hydrogen-bond acceptors (Lipinski definition) is 2. The van der Waals surface area contributed by atoms with E-state index in [1.165, 1.54) is 0 Å². The standard InChI is InChI=1S/C9H11FO2/c1-6(7(2)10)9-8(3)11-4-5-12-9/h2-5H2,1H3/b9-6+. The molecule has 0 amide bonds. The van der Waals surface area contributed by atoms with Gasteiger partial charge in [-0.25, -0.2) is 4.39 Å². The third-order valence-corrected chi connectivity index (χ3v) is 1.61. The van der Waals surface area contributed by atoms with Crippen LogP contribution >= 0.6 is 0 Å². The normalized spacial score (nSPS) is 21.0. The van der Waals surface area contributed by atoms with Crippen molar-refractivity contribution in [2.75, 3.05) is 13.2 Å². The Bertz CT molecular complexity index is 253. The molecule has 0 unspecified atom stereocenters. The lowest BCUT2D eigenvalue weighted by Crippen LogP contribution is -2.14. The summed E-state index contributed by atoms with van der Waals surface area (Å²) in [7, 11) is 0. The van der Waals surface area contributed by atoms with Gasteiger partial charge in [0.05, 0.1) is 0 Å². The second-order valence-electron chi connectivity index (χ2n) is 2.48. The van der Waals surface area contributed by atoms with Crippen LogP contribution in [0, 0.1) is 0 Å². The Morgan fingerprint density at radius 2 is 2.00 bits per heavy atom. The second-order valence-corrected chi connectivity index (χ2v) is 2.48. The summed E-state index contributed by atoms with van der Waals surface area (Å²) in [5.74, 6) is 0.225. The van der Waals surface area contributed by atoms with Gasteiger partial charge >= 0.3 is 0 Å². The van der Waals surface area contributed by atoms with Crippen LogP contribution in [-0.4, -0.2) is 13.2 Å². The summed E-state index contributed by atoms with van der Waals surface area (Å²) in [5.41, 5.74) is 0.347. The molecule has 0 aliphatic carbocycles. The Morgan fingerprint density at radius 1 is 1.42 bits per heavy atom. The van der Waals surface area contributed by atoms with Crippen molar-refractivity contribution in [3.63, 3.8) is 0 Å². The molecule has 1 saturated heterocycles. The Morgan fingerprint density at radius 3 is 2.50 bits per heavy atom. The Kier molecular flexibility index (Phi) is 2.53. The maximum absolute atomic E-state index is 12.6. The first-order valence-corrected chi connectivity index (χ1v) is 3.63. The van der Waals surface area contributed by atoms with Gasteiger partial charge in [0.25, 0.3) is 0 Å². The molecule has 0 bridgehead atoms. The topological polar surface area (TPSA) is 18.5 Å². The molecular formula is C9H11FO2. The van der Waals surface area contributed by atoms with Crippen LogP contribution in [0.1, 0.15) is 6.92 Å². The molecule has 0 saturated carbocycles.